The molecule has 0 bridgehead atoms. The largest absolute Gasteiger partial charge is 0.450 e. The second-order valence-electron chi connectivity index (χ2n) is 5.44. The number of amides is 2. The van der Waals surface area contributed by atoms with Gasteiger partial charge >= 0.3 is 6.09 Å². The number of nitrogens with one attached hydrogen (secondary N) is 2. The third-order valence-electron chi connectivity index (χ3n) is 3.57. The molecule has 6 heteroatoms. The zero-order valence-electron chi connectivity index (χ0n) is 14.7. The molecule has 0 saturated heterocycles. The molecular formula is C19H23N3O3. The van der Waals surface area contributed by atoms with E-state index in [1.807, 2.05) is 38.1 Å². The molecule has 0 atom stereocenters. The zero-order valence-corrected chi connectivity index (χ0v) is 14.7. The second-order valence-corrected chi connectivity index (χ2v) is 5.44. The molecule has 0 fully saturated rings. The van der Waals surface area contributed by atoms with Gasteiger partial charge in [0.05, 0.1) is 12.3 Å². The predicted molar refractivity (Wildman–Crippen MR) is 98.8 cm³/mol. The third-order valence-corrected chi connectivity index (χ3v) is 3.57. The van der Waals surface area contributed by atoms with Gasteiger partial charge in [0.15, 0.2) is 0 Å². The normalized spacial score (nSPS) is 10.0. The van der Waals surface area contributed by atoms with Crippen LogP contribution >= 0.6 is 0 Å². The number of carbonyl (C=O) groups excluding carboxylic acids is 2. The number of rotatable bonds is 6. The van der Waals surface area contributed by atoms with Gasteiger partial charge in [0, 0.05) is 17.8 Å². The van der Waals surface area contributed by atoms with Gasteiger partial charge in [-0.15, -0.1) is 0 Å². The van der Waals surface area contributed by atoms with Crippen molar-refractivity contribution in [2.75, 3.05) is 23.5 Å². The molecule has 2 rings (SSSR count). The first-order chi connectivity index (χ1) is 12.0. The summed E-state index contributed by atoms with van der Waals surface area (Å²) in [6, 6.07) is 14.6. The van der Waals surface area contributed by atoms with E-state index in [-0.39, 0.29) is 5.91 Å². The van der Waals surface area contributed by atoms with Gasteiger partial charge in [-0.3, -0.25) is 20.5 Å². The summed E-state index contributed by atoms with van der Waals surface area (Å²) < 4.78 is 4.81. The Morgan fingerprint density at radius 2 is 1.64 bits per heavy atom. The third kappa shape index (κ3) is 5.24. The van der Waals surface area contributed by atoms with Gasteiger partial charge in [0.2, 0.25) is 0 Å². The van der Waals surface area contributed by atoms with Crippen LogP contribution in [-0.2, 0) is 4.74 Å². The van der Waals surface area contributed by atoms with E-state index in [9.17, 15) is 9.59 Å². The van der Waals surface area contributed by atoms with Gasteiger partial charge in [-0.05, 0) is 57.2 Å². The van der Waals surface area contributed by atoms with Crippen molar-refractivity contribution in [1.82, 2.24) is 5.43 Å². The van der Waals surface area contributed by atoms with E-state index in [1.54, 1.807) is 36.2 Å². The van der Waals surface area contributed by atoms with Crippen molar-refractivity contribution >= 4 is 23.4 Å². The van der Waals surface area contributed by atoms with Crippen LogP contribution in [0.15, 0.2) is 48.5 Å². The van der Waals surface area contributed by atoms with Crippen LogP contribution in [0.5, 0.6) is 0 Å². The molecular weight excluding hydrogens is 318 g/mol. The average Bonchev–Trinajstić information content (AvgIpc) is 2.61. The highest BCUT2D eigenvalue weighted by molar-refractivity contribution is 5.96. The quantitative estimate of drug-likeness (QED) is 0.785. The fourth-order valence-corrected chi connectivity index (χ4v) is 2.23. The van der Waals surface area contributed by atoms with Crippen LogP contribution in [0.25, 0.3) is 0 Å². The molecule has 25 heavy (non-hydrogen) atoms. The summed E-state index contributed by atoms with van der Waals surface area (Å²) in [7, 11) is 0. The Bertz CT molecular complexity index is 712. The van der Waals surface area contributed by atoms with Crippen LogP contribution in [0.4, 0.5) is 16.2 Å². The number of ether oxygens (including phenoxy) is 1. The van der Waals surface area contributed by atoms with Crippen molar-refractivity contribution in [2.24, 2.45) is 0 Å². The number of aryl methyl sites for hydroxylation is 1. The zero-order chi connectivity index (χ0) is 18.2. The Hall–Kier alpha value is -3.02. The summed E-state index contributed by atoms with van der Waals surface area (Å²) in [6.07, 6.45) is -0.517. The van der Waals surface area contributed by atoms with Crippen LogP contribution in [-0.4, -0.2) is 25.2 Å². The molecule has 0 aliphatic carbocycles. The first kappa shape index (κ1) is 18.3. The van der Waals surface area contributed by atoms with Crippen molar-refractivity contribution in [3.05, 3.63) is 59.7 Å². The number of carbonyl (C=O) groups is 2. The standard InChI is InChI=1S/C19H23N3O3/c1-4-22(17-12-6-14(3)7-13-17)21-18(23)15-8-10-16(11-9-15)20-19(24)25-5-2/h6-13H,4-5H2,1-3H3,(H,20,24)(H,21,23). The number of anilines is 2. The molecule has 0 aromatic heterocycles. The molecule has 0 unspecified atom stereocenters. The molecule has 2 aromatic rings. The van der Waals surface area contributed by atoms with Gasteiger partial charge in [0.1, 0.15) is 0 Å². The lowest BCUT2D eigenvalue weighted by atomic mass is 10.2. The molecule has 0 spiro atoms. The molecule has 0 aliphatic rings. The van der Waals surface area contributed by atoms with E-state index in [4.69, 9.17) is 4.74 Å². The molecule has 6 nitrogen and oxygen atoms in total. The SMILES string of the molecule is CCOC(=O)Nc1ccc(C(=O)NN(CC)c2ccc(C)cc2)cc1. The van der Waals surface area contributed by atoms with E-state index in [2.05, 4.69) is 10.7 Å². The van der Waals surface area contributed by atoms with Crippen LogP contribution in [0.1, 0.15) is 29.8 Å². The fraction of sp³-hybridized carbons (Fsp3) is 0.263. The van der Waals surface area contributed by atoms with Crippen LogP contribution < -0.4 is 15.8 Å². The molecule has 0 saturated carbocycles. The van der Waals surface area contributed by atoms with Crippen molar-refractivity contribution in [1.29, 1.82) is 0 Å². The first-order valence-corrected chi connectivity index (χ1v) is 8.22. The predicted octanol–water partition coefficient (Wildman–Crippen LogP) is 3.73. The Morgan fingerprint density at radius 1 is 1.00 bits per heavy atom. The highest BCUT2D eigenvalue weighted by Gasteiger charge is 2.11. The molecule has 0 radical (unpaired) electrons. The number of hydrazine groups is 1. The van der Waals surface area contributed by atoms with Gasteiger partial charge in [0.25, 0.3) is 5.91 Å². The maximum atomic E-state index is 12.4. The minimum atomic E-state index is -0.517. The van der Waals surface area contributed by atoms with E-state index in [0.717, 1.165) is 11.3 Å². The topological polar surface area (TPSA) is 70.7 Å². The smallest absolute Gasteiger partial charge is 0.411 e. The van der Waals surface area contributed by atoms with Gasteiger partial charge in [-0.1, -0.05) is 17.7 Å². The van der Waals surface area contributed by atoms with Crippen molar-refractivity contribution in [2.45, 2.75) is 20.8 Å². The van der Waals surface area contributed by atoms with Gasteiger partial charge < -0.3 is 4.74 Å². The van der Waals surface area contributed by atoms with Gasteiger partial charge in [-0.2, -0.15) is 0 Å². The summed E-state index contributed by atoms with van der Waals surface area (Å²) >= 11 is 0. The maximum absolute atomic E-state index is 12.4. The summed E-state index contributed by atoms with van der Waals surface area (Å²) in [5.74, 6) is -0.217. The minimum absolute atomic E-state index is 0.217. The number of hydrogen-bond acceptors (Lipinski definition) is 4. The molecule has 0 aliphatic heterocycles. The van der Waals surface area contributed by atoms with Crippen molar-refractivity contribution in [3.63, 3.8) is 0 Å². The highest BCUT2D eigenvalue weighted by atomic mass is 16.5. The summed E-state index contributed by atoms with van der Waals surface area (Å²) in [5.41, 5.74) is 6.03. The summed E-state index contributed by atoms with van der Waals surface area (Å²) in [6.45, 7) is 6.66. The molecule has 0 heterocycles. The molecule has 2 aromatic carbocycles. The number of benzene rings is 2. The highest BCUT2D eigenvalue weighted by Crippen LogP contribution is 2.14. The Morgan fingerprint density at radius 3 is 2.20 bits per heavy atom. The van der Waals surface area contributed by atoms with Crippen LogP contribution in [0.2, 0.25) is 0 Å². The molecule has 2 N–H and O–H groups in total. The van der Waals surface area contributed by atoms with Gasteiger partial charge in [-0.25, -0.2) is 4.79 Å². The first-order valence-electron chi connectivity index (χ1n) is 8.22. The lowest BCUT2D eigenvalue weighted by Crippen LogP contribution is -2.42. The maximum Gasteiger partial charge on any atom is 0.411 e. The molecule has 132 valence electrons. The van der Waals surface area contributed by atoms with Crippen molar-refractivity contribution < 1.29 is 14.3 Å². The van der Waals surface area contributed by atoms with E-state index < -0.39 is 6.09 Å². The van der Waals surface area contributed by atoms with Crippen LogP contribution in [0.3, 0.4) is 0 Å². The number of nitrogens with zero attached hydrogens (tertiary/aromatic N) is 1. The lowest BCUT2D eigenvalue weighted by Gasteiger charge is -2.24. The Labute approximate surface area is 147 Å². The van der Waals surface area contributed by atoms with Crippen LogP contribution in [0, 0.1) is 6.92 Å². The van der Waals surface area contributed by atoms with E-state index >= 15 is 0 Å². The Kier molecular flexibility index (Phi) is 6.39. The Balaban J connectivity index is 2.01. The van der Waals surface area contributed by atoms with E-state index in [0.29, 0.717) is 24.4 Å². The number of hydrogen-bond donors (Lipinski definition) is 2. The fourth-order valence-electron chi connectivity index (χ4n) is 2.23. The summed E-state index contributed by atoms with van der Waals surface area (Å²) in [5, 5.41) is 4.37. The second kappa shape index (κ2) is 8.73. The van der Waals surface area contributed by atoms with Crippen molar-refractivity contribution in [3.8, 4) is 0 Å². The average molecular weight is 341 g/mol. The lowest BCUT2D eigenvalue weighted by molar-refractivity contribution is 0.0949. The minimum Gasteiger partial charge on any atom is -0.450 e. The summed E-state index contributed by atoms with van der Waals surface area (Å²) in [4.78, 5) is 23.8. The molecule has 2 amide bonds. The monoisotopic (exact) mass is 341 g/mol. The van der Waals surface area contributed by atoms with E-state index in [1.165, 1.54) is 0 Å².